The highest BCUT2D eigenvalue weighted by molar-refractivity contribution is 5.53. The first kappa shape index (κ1) is 9.05. The molecule has 0 bridgehead atoms. The zero-order chi connectivity index (χ0) is 8.81. The van der Waals surface area contributed by atoms with Crippen LogP contribution in [-0.4, -0.2) is 0 Å². The third kappa shape index (κ3) is 2.23. The molecule has 0 fully saturated rings. The largest absolute Gasteiger partial charge is 0.0871 e. The van der Waals surface area contributed by atoms with Crippen LogP contribution in [0, 0.1) is 0 Å². The zero-order valence-corrected chi connectivity index (χ0v) is 7.88. The summed E-state index contributed by atoms with van der Waals surface area (Å²) in [5.74, 6) is 0. The molecule has 1 aromatic rings. The third-order valence-corrected chi connectivity index (χ3v) is 1.92. The van der Waals surface area contributed by atoms with E-state index in [0.717, 1.165) is 0 Å². The van der Waals surface area contributed by atoms with Crippen molar-refractivity contribution in [2.45, 2.75) is 26.7 Å². The first-order valence-corrected chi connectivity index (χ1v) is 4.59. The van der Waals surface area contributed by atoms with Crippen molar-refractivity contribution in [2.24, 2.45) is 0 Å². The second kappa shape index (κ2) is 4.76. The van der Waals surface area contributed by atoms with Gasteiger partial charge in [0, 0.05) is 0 Å². The van der Waals surface area contributed by atoms with E-state index < -0.39 is 0 Å². The number of hydrogen-bond donors (Lipinski definition) is 0. The molecule has 0 aliphatic heterocycles. The van der Waals surface area contributed by atoms with Gasteiger partial charge in [-0.3, -0.25) is 0 Å². The average Bonchev–Trinajstić information content (AvgIpc) is 2.09. The minimum Gasteiger partial charge on any atom is -0.0871 e. The molecule has 0 radical (unpaired) electrons. The van der Waals surface area contributed by atoms with Crippen molar-refractivity contribution in [1.82, 2.24) is 0 Å². The fraction of sp³-hybridized carbons (Fsp3) is 0.333. The lowest BCUT2D eigenvalue weighted by atomic mass is 10.0. The van der Waals surface area contributed by atoms with Gasteiger partial charge in [-0.1, -0.05) is 49.8 Å². The molecular weight excluding hydrogens is 144 g/mol. The summed E-state index contributed by atoms with van der Waals surface area (Å²) in [6.07, 6.45) is 6.66. The second-order valence-corrected chi connectivity index (χ2v) is 2.95. The van der Waals surface area contributed by atoms with Gasteiger partial charge in [0.1, 0.15) is 0 Å². The molecule has 0 amide bonds. The van der Waals surface area contributed by atoms with Gasteiger partial charge in [0.05, 0.1) is 0 Å². The van der Waals surface area contributed by atoms with E-state index in [9.17, 15) is 0 Å². The summed E-state index contributed by atoms with van der Waals surface area (Å²) in [4.78, 5) is 0. The van der Waals surface area contributed by atoms with Crippen LogP contribution in [0.5, 0.6) is 0 Å². The normalized spacial score (nSPS) is 10.8. The molecule has 0 heterocycles. The summed E-state index contributed by atoms with van der Waals surface area (Å²) in [6, 6.07) is 8.58. The summed E-state index contributed by atoms with van der Waals surface area (Å²) in [6.45, 7) is 4.27. The first-order valence-electron chi connectivity index (χ1n) is 4.59. The molecule has 0 aromatic heterocycles. The van der Waals surface area contributed by atoms with Crippen LogP contribution in [0.2, 0.25) is 0 Å². The number of allylic oxidation sites excluding steroid dienone is 1. The van der Waals surface area contributed by atoms with E-state index in [2.05, 4.69) is 50.3 Å². The standard InChI is InChI=1S/C12H16/c1-3-7-11-9-5-6-10-12(11)8-4-2/h3,5-7,9-10H,4,8H2,1-2H3/b7-3-. The van der Waals surface area contributed by atoms with Crippen LogP contribution in [0.15, 0.2) is 30.3 Å². The van der Waals surface area contributed by atoms with Crippen molar-refractivity contribution >= 4 is 6.08 Å². The lowest BCUT2D eigenvalue weighted by molar-refractivity contribution is 0.919. The monoisotopic (exact) mass is 160 g/mol. The van der Waals surface area contributed by atoms with Crippen molar-refractivity contribution in [1.29, 1.82) is 0 Å². The Morgan fingerprint density at radius 1 is 1.25 bits per heavy atom. The molecule has 0 atom stereocenters. The molecule has 0 spiro atoms. The molecule has 12 heavy (non-hydrogen) atoms. The molecular formula is C12H16. The number of aryl methyl sites for hydroxylation is 1. The highest BCUT2D eigenvalue weighted by Crippen LogP contribution is 2.12. The summed E-state index contributed by atoms with van der Waals surface area (Å²) < 4.78 is 0. The molecule has 0 saturated heterocycles. The van der Waals surface area contributed by atoms with Gasteiger partial charge in [-0.05, 0) is 24.5 Å². The van der Waals surface area contributed by atoms with Crippen LogP contribution < -0.4 is 0 Å². The molecule has 0 aliphatic rings. The Morgan fingerprint density at radius 2 is 2.00 bits per heavy atom. The maximum atomic E-state index is 2.21. The average molecular weight is 160 g/mol. The number of benzene rings is 1. The lowest BCUT2D eigenvalue weighted by Crippen LogP contribution is -1.86. The van der Waals surface area contributed by atoms with Gasteiger partial charge >= 0.3 is 0 Å². The van der Waals surface area contributed by atoms with Gasteiger partial charge in [0.2, 0.25) is 0 Å². The van der Waals surface area contributed by atoms with Crippen molar-refractivity contribution in [3.05, 3.63) is 41.5 Å². The first-order chi connectivity index (χ1) is 5.88. The Kier molecular flexibility index (Phi) is 3.59. The van der Waals surface area contributed by atoms with E-state index in [-0.39, 0.29) is 0 Å². The Hall–Kier alpha value is -1.04. The smallest absolute Gasteiger partial charge is 0.0228 e. The minimum atomic E-state index is 1.18. The van der Waals surface area contributed by atoms with Crippen LogP contribution >= 0.6 is 0 Å². The van der Waals surface area contributed by atoms with E-state index in [0.29, 0.717) is 0 Å². The van der Waals surface area contributed by atoms with E-state index in [1.54, 1.807) is 0 Å². The van der Waals surface area contributed by atoms with E-state index in [1.165, 1.54) is 24.0 Å². The summed E-state index contributed by atoms with van der Waals surface area (Å²) in [7, 11) is 0. The summed E-state index contributed by atoms with van der Waals surface area (Å²) >= 11 is 0. The quantitative estimate of drug-likeness (QED) is 0.633. The van der Waals surface area contributed by atoms with Gasteiger partial charge < -0.3 is 0 Å². The molecule has 1 rings (SSSR count). The Labute approximate surface area is 74.9 Å². The zero-order valence-electron chi connectivity index (χ0n) is 7.88. The summed E-state index contributed by atoms with van der Waals surface area (Å²) in [5, 5.41) is 0. The molecule has 0 saturated carbocycles. The lowest BCUT2D eigenvalue weighted by Gasteiger charge is -2.02. The maximum Gasteiger partial charge on any atom is -0.0228 e. The topological polar surface area (TPSA) is 0 Å². The highest BCUT2D eigenvalue weighted by atomic mass is 14.0. The fourth-order valence-electron chi connectivity index (χ4n) is 1.37. The predicted octanol–water partition coefficient (Wildman–Crippen LogP) is 3.67. The SMILES string of the molecule is C/C=C\c1ccccc1CCC. The Bertz CT molecular complexity index is 258. The van der Waals surface area contributed by atoms with Gasteiger partial charge in [-0.15, -0.1) is 0 Å². The van der Waals surface area contributed by atoms with Crippen molar-refractivity contribution in [3.63, 3.8) is 0 Å². The fourth-order valence-corrected chi connectivity index (χ4v) is 1.37. The molecule has 0 unspecified atom stereocenters. The van der Waals surface area contributed by atoms with E-state index in [1.807, 2.05) is 0 Å². The molecule has 64 valence electrons. The van der Waals surface area contributed by atoms with Crippen LogP contribution in [0.4, 0.5) is 0 Å². The second-order valence-electron chi connectivity index (χ2n) is 2.95. The third-order valence-electron chi connectivity index (χ3n) is 1.92. The van der Waals surface area contributed by atoms with Crippen molar-refractivity contribution in [2.75, 3.05) is 0 Å². The highest BCUT2D eigenvalue weighted by Gasteiger charge is 1.95. The molecule has 0 N–H and O–H groups in total. The van der Waals surface area contributed by atoms with Crippen molar-refractivity contribution in [3.8, 4) is 0 Å². The van der Waals surface area contributed by atoms with Crippen molar-refractivity contribution < 1.29 is 0 Å². The van der Waals surface area contributed by atoms with Gasteiger partial charge in [0.25, 0.3) is 0 Å². The van der Waals surface area contributed by atoms with E-state index in [4.69, 9.17) is 0 Å². The molecule has 1 aromatic carbocycles. The molecule has 0 nitrogen and oxygen atoms in total. The van der Waals surface area contributed by atoms with Gasteiger partial charge in [-0.2, -0.15) is 0 Å². The Morgan fingerprint density at radius 3 is 2.67 bits per heavy atom. The van der Waals surface area contributed by atoms with E-state index >= 15 is 0 Å². The minimum absolute atomic E-state index is 1.18. The Balaban J connectivity index is 2.91. The van der Waals surface area contributed by atoms with Crippen LogP contribution in [0.3, 0.4) is 0 Å². The number of rotatable bonds is 3. The van der Waals surface area contributed by atoms with Crippen LogP contribution in [-0.2, 0) is 6.42 Å². The van der Waals surface area contributed by atoms with Crippen LogP contribution in [0.1, 0.15) is 31.4 Å². The van der Waals surface area contributed by atoms with Gasteiger partial charge in [0.15, 0.2) is 0 Å². The maximum absolute atomic E-state index is 2.21. The summed E-state index contributed by atoms with van der Waals surface area (Å²) in [5.41, 5.74) is 2.82. The molecule has 0 aliphatic carbocycles. The molecule has 0 heteroatoms. The number of hydrogen-bond acceptors (Lipinski definition) is 0. The van der Waals surface area contributed by atoms with Crippen LogP contribution in [0.25, 0.3) is 6.08 Å². The predicted molar refractivity (Wildman–Crippen MR) is 55.1 cm³/mol. The van der Waals surface area contributed by atoms with Gasteiger partial charge in [-0.25, -0.2) is 0 Å².